The molecular weight excluding hydrogens is 1430 g/mol. The van der Waals surface area contributed by atoms with E-state index in [4.69, 9.17) is 89.1 Å². The molecule has 1 rings (SSSR count). The number of amides is 11. The van der Waals surface area contributed by atoms with Crippen molar-refractivity contribution >= 4 is 125 Å². The zero-order valence-electron chi connectivity index (χ0n) is 61.5. The van der Waals surface area contributed by atoms with Gasteiger partial charge in [-0.2, -0.15) is 12.6 Å². The molecule has 1 fully saturated rings. The van der Waals surface area contributed by atoms with E-state index in [-0.39, 0.29) is 190 Å². The monoisotopic (exact) mass is 1550 g/mol. The van der Waals surface area contributed by atoms with Crippen LogP contribution in [0.2, 0.25) is 0 Å². The van der Waals surface area contributed by atoms with Crippen molar-refractivity contribution in [3.8, 4) is 0 Å². The van der Waals surface area contributed by atoms with Crippen LogP contribution in [0.3, 0.4) is 0 Å². The van der Waals surface area contributed by atoms with Crippen LogP contribution in [0.5, 0.6) is 0 Å². The van der Waals surface area contributed by atoms with Crippen LogP contribution in [0, 0.1) is 43.3 Å². The average molecular weight is 1550 g/mol. The van der Waals surface area contributed by atoms with Crippen LogP contribution in [0.25, 0.3) is 0 Å². The van der Waals surface area contributed by atoms with E-state index in [0.29, 0.717) is 19.3 Å². The summed E-state index contributed by atoms with van der Waals surface area (Å²) < 4.78 is 0. The number of nitrogens with two attached hydrogens (primary N) is 8. The minimum atomic E-state index is -1.57. The molecule has 1 aliphatic carbocycles. The van der Waals surface area contributed by atoms with Gasteiger partial charge in [0.2, 0.25) is 65.0 Å². The van der Waals surface area contributed by atoms with Crippen molar-refractivity contribution in [3.63, 3.8) is 0 Å². The van der Waals surface area contributed by atoms with Crippen molar-refractivity contribution < 1.29 is 52.7 Å². The lowest BCUT2D eigenvalue weighted by atomic mass is 9.93. The van der Waals surface area contributed by atoms with Crippen LogP contribution < -0.4 is 142 Å². The molecule has 0 saturated heterocycles. The standard InChI is InChI=1S/C62H120N34O11S/c1-34(97)86-32-46(98)88-36(19-9-27-80-57(68)69)48(100)92-40(20-10-28-81-58(70)71)51(103)91-39(18-5-7-26-85-62(78)87-35-14-8-15-35)50(102)93-42(22-12-30-83-60(74)75)53(105)95-43(23-13-31-84-61(76)77)54(106)94-41(21-11-29-82-59(72)73)52(104)90-38(17-4-6-25-79-56(66)67)49(101)89-37(16-2-3-24-45(63)64)55(107)96-44(33-108)47(65)99/h35-44,108H,2-33H2,1H3,(H3,63,64)(H2,65,99)(H,86,97)(H,88,98)(H,89,101)(H,90,104)(H,91,103)(H,92,100)(H,93,102)(H,94,106)(H,95,105)(H,96,107)(H4,66,67,79)(H4,68,69,80)(H4,70,71,81)(H4,72,73,82)(H4,74,75,83)(H4,76,77,84)(H3,78,85,87)/t36-,37-,38-,39-,40-,41-,42-,43-,44-/m1/s1. The third kappa shape index (κ3) is 45.3. The molecule has 610 valence electrons. The molecular formula is C62H120N34O11S. The highest BCUT2D eigenvalue weighted by molar-refractivity contribution is 7.80. The van der Waals surface area contributed by atoms with Gasteiger partial charge in [-0.05, 0) is 135 Å². The molecule has 9 atom stereocenters. The topological polar surface area (TPSA) is 803 Å². The van der Waals surface area contributed by atoms with Crippen LogP contribution >= 0.6 is 12.6 Å². The number of guanidine groups is 7. The number of carbonyl (C=O) groups is 11. The van der Waals surface area contributed by atoms with Gasteiger partial charge in [-0.25, -0.2) is 0 Å². The lowest BCUT2D eigenvalue weighted by Crippen LogP contribution is -2.60. The van der Waals surface area contributed by atoms with E-state index in [1.807, 2.05) is 0 Å². The quantitative estimate of drug-likeness (QED) is 0.0116. The van der Waals surface area contributed by atoms with Gasteiger partial charge in [-0.15, -0.1) is 0 Å². The summed E-state index contributed by atoms with van der Waals surface area (Å²) in [5.74, 6) is -12.2. The van der Waals surface area contributed by atoms with Crippen molar-refractivity contribution in [2.75, 3.05) is 58.1 Å². The van der Waals surface area contributed by atoms with E-state index in [1.54, 1.807) is 0 Å². The molecule has 0 heterocycles. The average Bonchev–Trinajstić information content (AvgIpc) is 0.860. The summed E-state index contributed by atoms with van der Waals surface area (Å²) in [6.07, 6.45) is 3.84. The summed E-state index contributed by atoms with van der Waals surface area (Å²) in [6.45, 7) is 1.20. The number of hydrogen-bond donors (Lipinski definition) is 35. The molecule has 0 unspecified atom stereocenters. The predicted octanol–water partition coefficient (Wildman–Crippen LogP) is -8.80. The molecule has 108 heavy (non-hydrogen) atoms. The van der Waals surface area contributed by atoms with Crippen LogP contribution in [-0.2, 0) is 52.7 Å². The van der Waals surface area contributed by atoms with Crippen LogP contribution in [-0.4, -0.2) is 231 Å². The largest absolute Gasteiger partial charge is 0.388 e. The maximum atomic E-state index is 15.0. The molecule has 11 amide bonds. The number of amidine groups is 1. The Kier molecular flexibility index (Phi) is 47.9. The molecule has 0 aliphatic heterocycles. The second kappa shape index (κ2) is 54.5. The van der Waals surface area contributed by atoms with Gasteiger partial charge in [0.1, 0.15) is 54.4 Å². The van der Waals surface area contributed by atoms with E-state index in [1.165, 1.54) is 6.92 Å². The zero-order valence-corrected chi connectivity index (χ0v) is 62.4. The minimum absolute atomic E-state index is 0.00301. The summed E-state index contributed by atoms with van der Waals surface area (Å²) in [7, 11) is 0. The Morgan fingerprint density at radius 2 is 0.583 bits per heavy atom. The van der Waals surface area contributed by atoms with Crippen LogP contribution in [0.1, 0.15) is 155 Å². The first-order valence-corrected chi connectivity index (χ1v) is 36.5. The van der Waals surface area contributed by atoms with Gasteiger partial charge in [-0.1, -0.05) is 6.42 Å². The maximum absolute atomic E-state index is 15.0. The summed E-state index contributed by atoms with van der Waals surface area (Å²) in [5.41, 5.74) is 44.3. The van der Waals surface area contributed by atoms with Crippen molar-refractivity contribution in [2.45, 2.75) is 215 Å². The van der Waals surface area contributed by atoms with Crippen LogP contribution in [0.15, 0.2) is 0 Å². The Hall–Kier alpha value is -11.1. The SMILES string of the molecule is CC(=O)NCC(=O)N[C@H](CCCNC(=N)N)C(=O)N[C@H](CCCNC(=N)N)C(=O)N[C@H](CCCCNC(=N)NC1CCC1)C(=O)N[C@H](CCCNC(=N)N)C(=O)N[C@H](CCCNC(=N)N)C(=O)N[C@H](CCCNC(=N)N)C(=O)N[C@H](CCCCNC(=N)N)C(=O)N[C@H](CCCCC(=N)N)C(=O)N[C@H](CS)C(N)=O. The Labute approximate surface area is 633 Å². The van der Waals surface area contributed by atoms with Crippen molar-refractivity contribution in [1.82, 2.24) is 95.7 Å². The highest BCUT2D eigenvalue weighted by atomic mass is 32.1. The molecule has 0 aromatic rings. The van der Waals surface area contributed by atoms with Gasteiger partial charge < -0.3 is 142 Å². The van der Waals surface area contributed by atoms with E-state index >= 15 is 9.59 Å². The number of carbonyl (C=O) groups excluding carboxylic acids is 11. The first kappa shape index (κ1) is 94.9. The van der Waals surface area contributed by atoms with Crippen LogP contribution in [0.4, 0.5) is 0 Å². The van der Waals surface area contributed by atoms with Gasteiger partial charge in [0.25, 0.3) is 0 Å². The smallest absolute Gasteiger partial charge is 0.243 e. The Morgan fingerprint density at radius 1 is 0.333 bits per heavy atom. The summed E-state index contributed by atoms with van der Waals surface area (Å²) in [6, 6.07) is -12.9. The second-order valence-electron chi connectivity index (χ2n) is 25.7. The molecule has 45 nitrogen and oxygen atoms in total. The minimum Gasteiger partial charge on any atom is -0.388 e. The van der Waals surface area contributed by atoms with E-state index < -0.39 is 150 Å². The number of hydrogen-bond acceptors (Lipinski definition) is 20. The Bertz CT molecular complexity index is 3020. The number of thiol groups is 1. The van der Waals surface area contributed by atoms with E-state index in [0.717, 1.165) is 19.3 Å². The van der Waals surface area contributed by atoms with Gasteiger partial charge in [0.15, 0.2) is 41.7 Å². The summed E-state index contributed by atoms with van der Waals surface area (Å²) >= 11 is 4.11. The number of rotatable bonds is 57. The lowest BCUT2D eigenvalue weighted by Gasteiger charge is -2.29. The molecule has 0 bridgehead atoms. The molecule has 0 radical (unpaired) electrons. The molecule has 1 saturated carbocycles. The second-order valence-corrected chi connectivity index (χ2v) is 26.1. The van der Waals surface area contributed by atoms with Gasteiger partial charge in [0.05, 0.1) is 12.4 Å². The fourth-order valence-corrected chi connectivity index (χ4v) is 10.8. The third-order valence-electron chi connectivity index (χ3n) is 16.4. The Balaban J connectivity index is 4.06. The molecule has 0 aromatic carbocycles. The molecule has 42 N–H and O–H groups in total. The first-order valence-electron chi connectivity index (χ1n) is 35.9. The molecule has 46 heteroatoms. The predicted molar refractivity (Wildman–Crippen MR) is 409 cm³/mol. The van der Waals surface area contributed by atoms with Gasteiger partial charge in [-0.3, -0.25) is 96.0 Å². The van der Waals surface area contributed by atoms with E-state index in [2.05, 4.69) is 108 Å². The highest BCUT2D eigenvalue weighted by Gasteiger charge is 2.36. The Morgan fingerprint density at radius 3 is 0.824 bits per heavy atom. The first-order chi connectivity index (χ1) is 51.1. The fraction of sp³-hybridized carbons (Fsp3) is 0.694. The normalized spacial score (nSPS) is 13.9. The van der Waals surface area contributed by atoms with Gasteiger partial charge in [0, 0.05) is 71.0 Å². The zero-order chi connectivity index (χ0) is 81.1. The number of unbranched alkanes of at least 4 members (excludes halogenated alkanes) is 3. The number of primary amides is 1. The lowest BCUT2D eigenvalue weighted by molar-refractivity contribution is -0.136. The summed E-state index contributed by atoms with van der Waals surface area (Å²) in [4.78, 5) is 154. The van der Waals surface area contributed by atoms with Crippen molar-refractivity contribution in [1.29, 1.82) is 43.3 Å². The van der Waals surface area contributed by atoms with Crippen molar-refractivity contribution in [2.24, 2.45) is 45.9 Å². The van der Waals surface area contributed by atoms with Gasteiger partial charge >= 0.3 is 0 Å². The number of nitrogens with one attached hydrogen (secondary N) is 26. The maximum Gasteiger partial charge on any atom is 0.243 e. The third-order valence-corrected chi connectivity index (χ3v) is 16.8. The summed E-state index contributed by atoms with van der Waals surface area (Å²) in [5, 5.41) is 110. The van der Waals surface area contributed by atoms with E-state index in [9.17, 15) is 43.2 Å². The fourth-order valence-electron chi connectivity index (χ4n) is 10.5. The van der Waals surface area contributed by atoms with Crippen molar-refractivity contribution in [3.05, 3.63) is 0 Å². The molecule has 0 spiro atoms. The molecule has 1 aliphatic rings. The highest BCUT2D eigenvalue weighted by Crippen LogP contribution is 2.18. The molecule has 0 aromatic heterocycles.